The van der Waals surface area contributed by atoms with Gasteiger partial charge in [-0.05, 0) is 38.1 Å². The van der Waals surface area contributed by atoms with Crippen LogP contribution in [0, 0.1) is 6.92 Å². The van der Waals surface area contributed by atoms with Crippen LogP contribution in [0.25, 0.3) is 0 Å². The zero-order valence-electron chi connectivity index (χ0n) is 9.73. The van der Waals surface area contributed by atoms with Crippen molar-refractivity contribution in [2.24, 2.45) is 0 Å². The van der Waals surface area contributed by atoms with Crippen molar-refractivity contribution in [1.82, 2.24) is 5.32 Å². The van der Waals surface area contributed by atoms with Gasteiger partial charge in [0.2, 0.25) is 0 Å². The normalized spacial score (nSPS) is 12.6. The summed E-state index contributed by atoms with van der Waals surface area (Å²) in [5, 5.41) is 3.28. The molecule has 16 heavy (non-hydrogen) atoms. The average Bonchev–Trinajstić information content (AvgIpc) is 2.79. The van der Waals surface area contributed by atoms with E-state index >= 15 is 0 Å². The van der Waals surface area contributed by atoms with Crippen molar-refractivity contribution >= 4 is 0 Å². The molecule has 0 spiro atoms. The van der Waals surface area contributed by atoms with Crippen LogP contribution in [0.1, 0.15) is 22.9 Å². The molecule has 84 valence electrons. The second kappa shape index (κ2) is 4.99. The average molecular weight is 215 g/mol. The van der Waals surface area contributed by atoms with E-state index in [9.17, 15) is 0 Å². The number of furan rings is 1. The highest BCUT2D eigenvalue weighted by Crippen LogP contribution is 2.18. The maximum absolute atomic E-state index is 5.43. The van der Waals surface area contributed by atoms with Crippen molar-refractivity contribution in [3.63, 3.8) is 0 Å². The van der Waals surface area contributed by atoms with Gasteiger partial charge in [-0.1, -0.05) is 29.8 Å². The third-order valence-electron chi connectivity index (χ3n) is 2.76. The second-order valence-corrected chi connectivity index (χ2v) is 4.05. The monoisotopic (exact) mass is 215 g/mol. The fourth-order valence-electron chi connectivity index (χ4n) is 1.91. The number of nitrogens with one attached hydrogen (secondary N) is 1. The third-order valence-corrected chi connectivity index (χ3v) is 2.76. The second-order valence-electron chi connectivity index (χ2n) is 4.05. The minimum Gasteiger partial charge on any atom is -0.468 e. The van der Waals surface area contributed by atoms with E-state index in [0.717, 1.165) is 12.2 Å². The van der Waals surface area contributed by atoms with Crippen LogP contribution in [0.15, 0.2) is 47.1 Å². The number of hydrogen-bond donors (Lipinski definition) is 1. The van der Waals surface area contributed by atoms with Crippen molar-refractivity contribution in [3.8, 4) is 0 Å². The molecule has 0 aliphatic carbocycles. The van der Waals surface area contributed by atoms with Crippen molar-refractivity contribution < 1.29 is 4.42 Å². The van der Waals surface area contributed by atoms with Gasteiger partial charge in [-0.15, -0.1) is 0 Å². The summed E-state index contributed by atoms with van der Waals surface area (Å²) in [6.07, 6.45) is 2.67. The van der Waals surface area contributed by atoms with Gasteiger partial charge in [0.05, 0.1) is 12.3 Å². The van der Waals surface area contributed by atoms with Crippen LogP contribution in [0.2, 0.25) is 0 Å². The van der Waals surface area contributed by atoms with Gasteiger partial charge in [-0.3, -0.25) is 0 Å². The number of benzene rings is 1. The summed E-state index contributed by atoms with van der Waals surface area (Å²) in [7, 11) is 1.96. The van der Waals surface area contributed by atoms with Crippen LogP contribution in [-0.2, 0) is 6.42 Å². The molecule has 1 unspecified atom stereocenters. The molecule has 1 aromatic heterocycles. The number of rotatable bonds is 4. The van der Waals surface area contributed by atoms with Crippen LogP contribution in [0.4, 0.5) is 0 Å². The standard InChI is InChI=1S/C14H17NO/c1-11-5-3-6-12(9-11)10-13(15-2)14-7-4-8-16-14/h3-9,13,15H,10H2,1-2H3. The van der Waals surface area contributed by atoms with Crippen molar-refractivity contribution in [1.29, 1.82) is 0 Å². The first kappa shape index (κ1) is 11.0. The number of likely N-dealkylation sites (N-methyl/N-ethyl adjacent to an activating group) is 1. The van der Waals surface area contributed by atoms with Crippen molar-refractivity contribution in [2.75, 3.05) is 7.05 Å². The molecule has 2 aromatic rings. The Morgan fingerprint density at radius 3 is 2.75 bits per heavy atom. The topological polar surface area (TPSA) is 25.2 Å². The Bertz CT molecular complexity index is 434. The molecule has 2 rings (SSSR count). The zero-order chi connectivity index (χ0) is 11.4. The molecular weight excluding hydrogens is 198 g/mol. The molecular formula is C14H17NO. The molecule has 1 N–H and O–H groups in total. The van der Waals surface area contributed by atoms with E-state index in [1.165, 1.54) is 11.1 Å². The number of aryl methyl sites for hydroxylation is 1. The Balaban J connectivity index is 2.13. The Morgan fingerprint density at radius 1 is 1.25 bits per heavy atom. The summed E-state index contributed by atoms with van der Waals surface area (Å²) in [5.74, 6) is 0.990. The van der Waals surface area contributed by atoms with Crippen molar-refractivity contribution in [3.05, 3.63) is 59.5 Å². The summed E-state index contributed by atoms with van der Waals surface area (Å²) in [4.78, 5) is 0. The van der Waals surface area contributed by atoms with E-state index in [2.05, 4.69) is 36.5 Å². The van der Waals surface area contributed by atoms with Gasteiger partial charge in [0.25, 0.3) is 0 Å². The van der Waals surface area contributed by atoms with Crippen LogP contribution < -0.4 is 5.32 Å². The smallest absolute Gasteiger partial charge is 0.121 e. The molecule has 0 bridgehead atoms. The first-order valence-corrected chi connectivity index (χ1v) is 5.56. The molecule has 0 amide bonds. The van der Waals surface area contributed by atoms with Crippen LogP contribution in [0.3, 0.4) is 0 Å². The molecule has 1 atom stereocenters. The van der Waals surface area contributed by atoms with Crippen molar-refractivity contribution in [2.45, 2.75) is 19.4 Å². The Morgan fingerprint density at radius 2 is 2.12 bits per heavy atom. The first-order chi connectivity index (χ1) is 7.79. The third kappa shape index (κ3) is 2.52. The summed E-state index contributed by atoms with van der Waals surface area (Å²) in [6, 6.07) is 12.8. The van der Waals surface area contributed by atoms with E-state index in [0.29, 0.717) is 0 Å². The Labute approximate surface area is 96.3 Å². The highest BCUT2D eigenvalue weighted by atomic mass is 16.3. The highest BCUT2D eigenvalue weighted by Gasteiger charge is 2.12. The maximum atomic E-state index is 5.43. The SMILES string of the molecule is CNC(Cc1cccc(C)c1)c1ccco1. The van der Waals surface area contributed by atoms with E-state index in [4.69, 9.17) is 4.42 Å². The molecule has 0 saturated carbocycles. The van der Waals surface area contributed by atoms with Gasteiger partial charge < -0.3 is 9.73 Å². The lowest BCUT2D eigenvalue weighted by molar-refractivity contribution is 0.429. The first-order valence-electron chi connectivity index (χ1n) is 5.56. The molecule has 1 aromatic carbocycles. The Hall–Kier alpha value is -1.54. The summed E-state index contributed by atoms with van der Waals surface area (Å²) >= 11 is 0. The molecule has 2 nitrogen and oxygen atoms in total. The lowest BCUT2D eigenvalue weighted by Gasteiger charge is -2.13. The van der Waals surface area contributed by atoms with E-state index in [1.54, 1.807) is 6.26 Å². The fraction of sp³-hybridized carbons (Fsp3) is 0.286. The largest absolute Gasteiger partial charge is 0.468 e. The number of hydrogen-bond acceptors (Lipinski definition) is 2. The maximum Gasteiger partial charge on any atom is 0.121 e. The Kier molecular flexibility index (Phi) is 3.42. The molecule has 0 aliphatic heterocycles. The molecule has 0 radical (unpaired) electrons. The summed E-state index contributed by atoms with van der Waals surface area (Å²) in [5.41, 5.74) is 2.63. The van der Waals surface area contributed by atoms with E-state index in [1.807, 2.05) is 19.2 Å². The van der Waals surface area contributed by atoms with Gasteiger partial charge in [-0.2, -0.15) is 0 Å². The molecule has 2 heteroatoms. The quantitative estimate of drug-likeness (QED) is 0.847. The molecule has 0 saturated heterocycles. The van der Waals surface area contributed by atoms with Gasteiger partial charge in [0.1, 0.15) is 5.76 Å². The van der Waals surface area contributed by atoms with Crippen LogP contribution >= 0.6 is 0 Å². The van der Waals surface area contributed by atoms with E-state index in [-0.39, 0.29) is 6.04 Å². The summed E-state index contributed by atoms with van der Waals surface area (Å²) in [6.45, 7) is 2.12. The predicted octanol–water partition coefficient (Wildman–Crippen LogP) is 3.09. The minimum absolute atomic E-state index is 0.247. The predicted molar refractivity (Wildman–Crippen MR) is 65.4 cm³/mol. The van der Waals surface area contributed by atoms with Gasteiger partial charge in [-0.25, -0.2) is 0 Å². The van der Waals surface area contributed by atoms with Gasteiger partial charge in [0, 0.05) is 0 Å². The fourth-order valence-corrected chi connectivity index (χ4v) is 1.91. The minimum atomic E-state index is 0.247. The molecule has 1 heterocycles. The van der Waals surface area contributed by atoms with Gasteiger partial charge in [0.15, 0.2) is 0 Å². The van der Waals surface area contributed by atoms with Crippen LogP contribution in [0.5, 0.6) is 0 Å². The molecule has 0 fully saturated rings. The lowest BCUT2D eigenvalue weighted by atomic mass is 10.0. The lowest BCUT2D eigenvalue weighted by Crippen LogP contribution is -2.18. The zero-order valence-corrected chi connectivity index (χ0v) is 9.73. The molecule has 0 aliphatic rings. The summed E-state index contributed by atoms with van der Waals surface area (Å²) < 4.78 is 5.43. The highest BCUT2D eigenvalue weighted by molar-refractivity contribution is 5.24. The van der Waals surface area contributed by atoms with E-state index < -0.39 is 0 Å². The van der Waals surface area contributed by atoms with Gasteiger partial charge >= 0.3 is 0 Å². The van der Waals surface area contributed by atoms with Crippen LogP contribution in [-0.4, -0.2) is 7.05 Å².